The molecule has 0 aromatic rings. The Balaban J connectivity index is 0. The van der Waals surface area contributed by atoms with Crippen molar-refractivity contribution in [3.63, 3.8) is 0 Å². The molecule has 0 aliphatic carbocycles. The molecule has 4 heavy (non-hydrogen) atoms. The third-order valence-corrected chi connectivity index (χ3v) is 0. The first-order valence-corrected chi connectivity index (χ1v) is 0. The quantitative estimate of drug-likeness (QED) is 0.501. The van der Waals surface area contributed by atoms with Crippen molar-refractivity contribution in [3.8, 4) is 0 Å². The Bertz CT molecular complexity index is 8.00. The maximum absolute atomic E-state index is 0. The summed E-state index contributed by atoms with van der Waals surface area (Å²) in [5, 5.41) is 0. The van der Waals surface area contributed by atoms with Crippen molar-refractivity contribution >= 4 is 0 Å². The van der Waals surface area contributed by atoms with Gasteiger partial charge in [-0.1, -0.05) is 0 Å². The van der Waals surface area contributed by atoms with Crippen LogP contribution in [0.3, 0.4) is 0 Å². The van der Waals surface area contributed by atoms with Crippen LogP contribution in [-0.4, -0.2) is 0 Å². The first-order chi connectivity index (χ1) is 0. The maximum atomic E-state index is 0. The second kappa shape index (κ2) is 18.1. The monoisotopic (exact) mass is 404 g/mol. The summed E-state index contributed by atoms with van der Waals surface area (Å²) in [6.45, 7) is 0. The summed E-state index contributed by atoms with van der Waals surface area (Å²) in [6.07, 6.45) is 0. The molecular formula is CoCuMoW. The van der Waals surface area contributed by atoms with Crippen molar-refractivity contribution in [2.45, 2.75) is 0 Å². The van der Waals surface area contributed by atoms with Gasteiger partial charge in [-0.2, -0.15) is 0 Å². The normalized spacial score (nSPS) is 0. The Labute approximate surface area is 75.1 Å². The maximum Gasteiger partial charge on any atom is 0 e. The molecule has 32 valence electrons. The summed E-state index contributed by atoms with van der Waals surface area (Å²) in [7, 11) is 0. The van der Waals surface area contributed by atoms with Crippen LogP contribution in [0.1, 0.15) is 0 Å². The molecule has 2 radical (unpaired) electrons. The zero-order valence-corrected chi connectivity index (χ0v) is 8.37. The number of hydrogen-bond donors (Lipinski definition) is 0. The fourth-order valence-electron chi connectivity index (χ4n) is 0. The van der Waals surface area contributed by atoms with Crippen molar-refractivity contribution in [3.05, 3.63) is 0 Å². The summed E-state index contributed by atoms with van der Waals surface area (Å²) >= 11 is 0. The van der Waals surface area contributed by atoms with Gasteiger partial charge in [0.05, 0.1) is 0 Å². The van der Waals surface area contributed by atoms with E-state index < -0.39 is 0 Å². The molecule has 0 aliphatic rings. The summed E-state index contributed by atoms with van der Waals surface area (Å²) in [5.74, 6) is 0. The Morgan fingerprint density at radius 1 is 1.00 bits per heavy atom. The first kappa shape index (κ1) is 32.4. The molecule has 0 unspecified atom stereocenters. The van der Waals surface area contributed by atoms with Crippen LogP contribution in [0.5, 0.6) is 0 Å². The van der Waals surface area contributed by atoms with Gasteiger partial charge in [0.1, 0.15) is 0 Å². The van der Waals surface area contributed by atoms with Crippen LogP contribution in [0.15, 0.2) is 0 Å². The van der Waals surface area contributed by atoms with E-state index in [0.717, 1.165) is 0 Å². The van der Waals surface area contributed by atoms with Gasteiger partial charge in [-0.05, 0) is 0 Å². The van der Waals surface area contributed by atoms with Crippen molar-refractivity contribution in [2.75, 3.05) is 0 Å². The Morgan fingerprint density at radius 2 is 1.00 bits per heavy atom. The first-order valence-electron chi connectivity index (χ1n) is 0. The van der Waals surface area contributed by atoms with E-state index in [-0.39, 0.29) is 76.0 Å². The van der Waals surface area contributed by atoms with Crippen LogP contribution in [0.4, 0.5) is 0 Å². The van der Waals surface area contributed by atoms with E-state index in [2.05, 4.69) is 0 Å². The van der Waals surface area contributed by atoms with E-state index >= 15 is 0 Å². The van der Waals surface area contributed by atoms with Crippen LogP contribution in [0.2, 0.25) is 0 Å². The smallest absolute Gasteiger partial charge is 0 e. The van der Waals surface area contributed by atoms with Gasteiger partial charge in [-0.25, -0.2) is 0 Å². The predicted octanol–water partition coefficient (Wildman–Crippen LogP) is -0.0100. The molecule has 0 saturated carbocycles. The summed E-state index contributed by atoms with van der Waals surface area (Å²) in [4.78, 5) is 0. The van der Waals surface area contributed by atoms with E-state index in [0.29, 0.717) is 0 Å². The van der Waals surface area contributed by atoms with Crippen LogP contribution < -0.4 is 0 Å². The third kappa shape index (κ3) is 8.83. The van der Waals surface area contributed by atoms with Crippen LogP contribution >= 0.6 is 0 Å². The number of rotatable bonds is 0. The van der Waals surface area contributed by atoms with Gasteiger partial charge in [0.25, 0.3) is 0 Å². The van der Waals surface area contributed by atoms with E-state index in [1.54, 1.807) is 0 Å². The Morgan fingerprint density at radius 3 is 1.00 bits per heavy atom. The van der Waals surface area contributed by atoms with E-state index in [4.69, 9.17) is 0 Å². The largest absolute Gasteiger partial charge is 0 e. The molecule has 0 saturated heterocycles. The van der Waals surface area contributed by atoms with Gasteiger partial charge < -0.3 is 0 Å². The average Bonchev–Trinajstić information content (AvgIpc) is 0. The zero-order valence-electron chi connectivity index (χ0n) is 1.45. The molecular weight excluding hydrogens is 402 g/mol. The van der Waals surface area contributed by atoms with E-state index in [9.17, 15) is 0 Å². The predicted molar refractivity (Wildman–Crippen MR) is 0 cm³/mol. The minimum Gasteiger partial charge on any atom is 0 e. The van der Waals surface area contributed by atoms with Crippen molar-refractivity contribution in [1.29, 1.82) is 0 Å². The van der Waals surface area contributed by atoms with Crippen LogP contribution in [0.25, 0.3) is 0 Å². The Kier molecular flexibility index (Phi) is 147. The molecule has 0 atom stereocenters. The second-order valence-electron chi connectivity index (χ2n) is 0. The number of hydrogen-bond acceptors (Lipinski definition) is 0. The fraction of sp³-hybridized carbons (Fsp3) is 0. The third-order valence-electron chi connectivity index (χ3n) is 0. The minimum atomic E-state index is 0. The van der Waals surface area contributed by atoms with Crippen LogP contribution in [0, 0.1) is 0 Å². The van der Waals surface area contributed by atoms with Gasteiger partial charge in [-0.3, -0.25) is 0 Å². The minimum absolute atomic E-state index is 0. The topological polar surface area (TPSA) is 0 Å². The van der Waals surface area contributed by atoms with E-state index in [1.165, 1.54) is 0 Å². The molecule has 0 aromatic carbocycles. The summed E-state index contributed by atoms with van der Waals surface area (Å²) in [5.41, 5.74) is 0. The van der Waals surface area contributed by atoms with Crippen LogP contribution in [-0.2, 0) is 76.0 Å². The molecule has 0 rings (SSSR count). The standard InChI is InChI=1S/Co.Cu.Mo.W. The summed E-state index contributed by atoms with van der Waals surface area (Å²) < 4.78 is 0. The molecule has 0 heterocycles. The second-order valence-corrected chi connectivity index (χ2v) is 0. The molecule has 0 fully saturated rings. The van der Waals surface area contributed by atoms with E-state index in [1.807, 2.05) is 0 Å². The van der Waals surface area contributed by atoms with Gasteiger partial charge >= 0.3 is 0 Å². The molecule has 0 N–H and O–H groups in total. The van der Waals surface area contributed by atoms with Crippen molar-refractivity contribution < 1.29 is 76.0 Å². The SMILES string of the molecule is [Co].[Cu].[Mo].[W]. The molecule has 0 aromatic heterocycles. The molecule has 0 bridgehead atoms. The average molecular weight is 402 g/mol. The molecule has 0 amide bonds. The molecule has 0 aliphatic heterocycles. The zero-order chi connectivity index (χ0) is 0. The summed E-state index contributed by atoms with van der Waals surface area (Å²) in [6, 6.07) is 0. The fourth-order valence-corrected chi connectivity index (χ4v) is 0. The molecule has 0 spiro atoms. The van der Waals surface area contributed by atoms with Gasteiger partial charge in [0, 0.05) is 76.0 Å². The van der Waals surface area contributed by atoms with Gasteiger partial charge in [-0.15, -0.1) is 0 Å². The molecule has 0 nitrogen and oxygen atoms in total. The Hall–Kier alpha value is 2.40. The van der Waals surface area contributed by atoms with Crippen molar-refractivity contribution in [2.24, 2.45) is 0 Å². The molecule has 4 heteroatoms. The van der Waals surface area contributed by atoms with Gasteiger partial charge in [0.2, 0.25) is 0 Å². The van der Waals surface area contributed by atoms with Crippen molar-refractivity contribution in [1.82, 2.24) is 0 Å². The van der Waals surface area contributed by atoms with Gasteiger partial charge in [0.15, 0.2) is 0 Å².